The Labute approximate surface area is 251 Å². The molecule has 43 heavy (non-hydrogen) atoms. The van der Waals surface area contributed by atoms with Crippen LogP contribution in [0.5, 0.6) is 0 Å². The lowest BCUT2D eigenvalue weighted by Crippen LogP contribution is -2.56. The van der Waals surface area contributed by atoms with Gasteiger partial charge in [0.2, 0.25) is 5.91 Å². The minimum absolute atomic E-state index is 0.0151. The van der Waals surface area contributed by atoms with Crippen molar-refractivity contribution in [1.82, 2.24) is 14.7 Å². The maximum absolute atomic E-state index is 14.3. The number of carbonyl (C=O) groups excluding carboxylic acids is 2. The van der Waals surface area contributed by atoms with E-state index in [0.29, 0.717) is 50.2 Å². The molecule has 8 nitrogen and oxygen atoms in total. The van der Waals surface area contributed by atoms with Gasteiger partial charge in [-0.1, -0.05) is 36.7 Å². The van der Waals surface area contributed by atoms with E-state index in [1.807, 2.05) is 13.0 Å². The SMILES string of the molecule is COC1CN(C(=O)C2CCc3c(C4=CC(C)C(C(=O)O)CC4)nn(C(=O)c4c(Cl)cccc4C4(C(F)(F)F)CC4)c3C2)C1. The zero-order valence-electron chi connectivity index (χ0n) is 23.9. The number of halogens is 4. The van der Waals surface area contributed by atoms with Crippen molar-refractivity contribution in [3.8, 4) is 0 Å². The lowest BCUT2D eigenvalue weighted by Gasteiger charge is -2.40. The van der Waals surface area contributed by atoms with E-state index in [1.54, 1.807) is 12.0 Å². The number of carboxylic acids is 1. The first-order chi connectivity index (χ1) is 20.4. The summed E-state index contributed by atoms with van der Waals surface area (Å²) in [5.41, 5.74) is 0.0775. The van der Waals surface area contributed by atoms with Crippen LogP contribution in [-0.2, 0) is 32.6 Å². The molecule has 0 radical (unpaired) electrons. The van der Waals surface area contributed by atoms with Gasteiger partial charge in [0.25, 0.3) is 5.91 Å². The number of nitrogens with zero attached hydrogens (tertiary/aromatic N) is 3. The third kappa shape index (κ3) is 4.98. The summed E-state index contributed by atoms with van der Waals surface area (Å²) in [6.45, 7) is 2.80. The molecule has 1 amide bonds. The van der Waals surface area contributed by atoms with Crippen LogP contribution < -0.4 is 0 Å². The molecule has 0 bridgehead atoms. The highest BCUT2D eigenvalue weighted by Crippen LogP contribution is 2.60. The molecule has 0 spiro atoms. The molecule has 1 aliphatic heterocycles. The summed E-state index contributed by atoms with van der Waals surface area (Å²) in [7, 11) is 1.60. The Morgan fingerprint density at radius 1 is 1.14 bits per heavy atom. The van der Waals surface area contributed by atoms with Gasteiger partial charge in [-0.25, -0.2) is 0 Å². The minimum atomic E-state index is -4.56. The van der Waals surface area contributed by atoms with Gasteiger partial charge in [-0.15, -0.1) is 0 Å². The Morgan fingerprint density at radius 2 is 1.86 bits per heavy atom. The van der Waals surface area contributed by atoms with Crippen LogP contribution in [-0.4, -0.2) is 70.1 Å². The molecule has 1 saturated carbocycles. The number of carboxylic acid groups (broad SMARTS) is 1. The summed E-state index contributed by atoms with van der Waals surface area (Å²) in [5.74, 6) is -2.93. The van der Waals surface area contributed by atoms with Crippen LogP contribution in [0.25, 0.3) is 5.57 Å². The molecule has 1 saturated heterocycles. The van der Waals surface area contributed by atoms with Crippen LogP contribution in [0, 0.1) is 17.8 Å². The van der Waals surface area contributed by atoms with Gasteiger partial charge in [0.1, 0.15) is 0 Å². The van der Waals surface area contributed by atoms with Gasteiger partial charge in [-0.3, -0.25) is 14.4 Å². The second-order valence-corrected chi connectivity index (χ2v) is 12.7. The topological polar surface area (TPSA) is 102 Å². The van der Waals surface area contributed by atoms with E-state index in [9.17, 15) is 32.7 Å². The number of rotatable bonds is 6. The van der Waals surface area contributed by atoms with Crippen molar-refractivity contribution in [3.63, 3.8) is 0 Å². The summed E-state index contributed by atoms with van der Waals surface area (Å²) >= 11 is 6.47. The van der Waals surface area contributed by atoms with E-state index in [1.165, 1.54) is 18.2 Å². The molecule has 230 valence electrons. The Hall–Kier alpha value is -3.18. The van der Waals surface area contributed by atoms with Crippen molar-refractivity contribution in [3.05, 3.63) is 57.4 Å². The molecule has 2 heterocycles. The first-order valence-electron chi connectivity index (χ1n) is 14.6. The fourth-order valence-corrected chi connectivity index (χ4v) is 7.24. The number of methoxy groups -OCH3 is 1. The molecule has 3 unspecified atom stereocenters. The van der Waals surface area contributed by atoms with Crippen molar-refractivity contribution in [2.45, 2.75) is 69.6 Å². The van der Waals surface area contributed by atoms with Crippen molar-refractivity contribution >= 4 is 35.0 Å². The predicted molar refractivity (Wildman–Crippen MR) is 151 cm³/mol. The average molecular weight is 620 g/mol. The lowest BCUT2D eigenvalue weighted by molar-refractivity contribution is -0.160. The van der Waals surface area contributed by atoms with Gasteiger partial charge in [-0.2, -0.15) is 23.0 Å². The van der Waals surface area contributed by atoms with Crippen LogP contribution in [0.4, 0.5) is 13.2 Å². The first-order valence-corrected chi connectivity index (χ1v) is 15.0. The molecule has 2 aromatic rings. The quantitative estimate of drug-likeness (QED) is 0.471. The zero-order valence-corrected chi connectivity index (χ0v) is 24.7. The van der Waals surface area contributed by atoms with E-state index >= 15 is 0 Å². The van der Waals surface area contributed by atoms with Gasteiger partial charge in [0, 0.05) is 38.1 Å². The summed E-state index contributed by atoms with van der Waals surface area (Å²) < 4.78 is 49.2. The number of likely N-dealkylation sites (tertiary alicyclic amines) is 1. The number of fused-ring (bicyclic) bond motifs is 1. The van der Waals surface area contributed by atoms with E-state index < -0.39 is 35.3 Å². The third-order valence-corrected chi connectivity index (χ3v) is 10.1. The van der Waals surface area contributed by atoms with E-state index in [2.05, 4.69) is 0 Å². The highest BCUT2D eigenvalue weighted by Gasteiger charge is 2.65. The highest BCUT2D eigenvalue weighted by atomic mass is 35.5. The summed E-state index contributed by atoms with van der Waals surface area (Å²) in [5, 5.41) is 14.2. The average Bonchev–Trinajstić information content (AvgIpc) is 3.67. The Morgan fingerprint density at radius 3 is 2.47 bits per heavy atom. The van der Waals surface area contributed by atoms with Gasteiger partial charge in [0.05, 0.1) is 39.4 Å². The molecule has 4 aliphatic rings. The normalized spacial score (nSPS) is 25.0. The minimum Gasteiger partial charge on any atom is -0.481 e. The van der Waals surface area contributed by atoms with Crippen molar-refractivity contribution in [2.24, 2.45) is 17.8 Å². The van der Waals surface area contributed by atoms with Gasteiger partial charge < -0.3 is 14.7 Å². The highest BCUT2D eigenvalue weighted by molar-refractivity contribution is 6.34. The van der Waals surface area contributed by atoms with Crippen LogP contribution in [0.15, 0.2) is 24.3 Å². The standard InChI is InChI=1S/C31H33ClF3N3O5/c1-16-12-17(6-8-20(16)29(41)42)26-21-9-7-18(27(39)37-14-19(15-37)43-2)13-24(21)38(36-26)28(40)25-22(4-3-5-23(25)32)30(10-11-30)31(33,34)35/h3-5,12,16,18-20H,6-11,13-15H2,1-2H3,(H,41,42). The summed E-state index contributed by atoms with van der Waals surface area (Å²) in [4.78, 5) is 41.0. The number of benzene rings is 1. The van der Waals surface area contributed by atoms with Crippen molar-refractivity contribution in [1.29, 1.82) is 0 Å². The van der Waals surface area contributed by atoms with Gasteiger partial charge in [0.15, 0.2) is 0 Å². The number of ether oxygens (including phenoxy) is 1. The molecule has 6 rings (SSSR count). The smallest absolute Gasteiger partial charge is 0.398 e. The summed E-state index contributed by atoms with van der Waals surface area (Å²) in [6, 6.07) is 4.14. The van der Waals surface area contributed by atoms with Crippen molar-refractivity contribution < 1.29 is 37.4 Å². The molecule has 2 fully saturated rings. The number of amides is 1. The molecule has 3 atom stereocenters. The fourth-order valence-electron chi connectivity index (χ4n) is 6.99. The van der Waals surface area contributed by atoms with Crippen LogP contribution in [0.1, 0.15) is 71.9 Å². The molecular weight excluding hydrogens is 587 g/mol. The molecule has 3 aliphatic carbocycles. The Balaban J connectivity index is 1.42. The molecular formula is C31H33ClF3N3O5. The Bertz CT molecular complexity index is 1520. The number of hydrogen-bond acceptors (Lipinski definition) is 5. The molecule has 1 aromatic carbocycles. The number of alkyl halides is 3. The maximum Gasteiger partial charge on any atom is 0.398 e. The second-order valence-electron chi connectivity index (χ2n) is 12.3. The third-order valence-electron chi connectivity index (χ3n) is 9.79. The number of aliphatic carboxylic acids is 1. The molecule has 1 N–H and O–H groups in total. The van der Waals surface area contributed by atoms with E-state index in [4.69, 9.17) is 21.4 Å². The monoisotopic (exact) mass is 619 g/mol. The van der Waals surface area contributed by atoms with Crippen molar-refractivity contribution in [2.75, 3.05) is 20.2 Å². The van der Waals surface area contributed by atoms with E-state index in [-0.39, 0.29) is 53.3 Å². The second kappa shape index (κ2) is 10.8. The Kier molecular flexibility index (Phi) is 7.48. The first kappa shape index (κ1) is 29.9. The lowest BCUT2D eigenvalue weighted by atomic mass is 9.78. The van der Waals surface area contributed by atoms with Crippen LogP contribution >= 0.6 is 11.6 Å². The maximum atomic E-state index is 14.3. The number of hydrogen-bond donors (Lipinski definition) is 1. The summed E-state index contributed by atoms with van der Waals surface area (Å²) in [6.07, 6.45) is -0.961. The molecule has 12 heteroatoms. The number of aromatic nitrogens is 2. The zero-order chi connectivity index (χ0) is 30.8. The van der Waals surface area contributed by atoms with Crippen LogP contribution in [0.2, 0.25) is 5.02 Å². The molecule has 1 aromatic heterocycles. The van der Waals surface area contributed by atoms with E-state index in [0.717, 1.165) is 15.8 Å². The van der Waals surface area contributed by atoms with Crippen LogP contribution in [0.3, 0.4) is 0 Å². The largest absolute Gasteiger partial charge is 0.481 e. The number of allylic oxidation sites excluding steroid dienone is 2. The number of carbonyl (C=O) groups is 3. The fraction of sp³-hybridized carbons (Fsp3) is 0.548. The van der Waals surface area contributed by atoms with Gasteiger partial charge >= 0.3 is 12.1 Å². The van der Waals surface area contributed by atoms with Gasteiger partial charge in [-0.05, 0) is 61.6 Å². The predicted octanol–water partition coefficient (Wildman–Crippen LogP) is 5.30.